The summed E-state index contributed by atoms with van der Waals surface area (Å²) in [5.41, 5.74) is 1.44. The number of carbonyl (C=O) groups excluding carboxylic acids is 1. The van der Waals surface area contributed by atoms with Crippen molar-refractivity contribution < 1.29 is 19.0 Å². The Kier molecular flexibility index (Phi) is 38.7. The topological polar surface area (TPSA) is 44.8 Å². The molecule has 4 rings (SSSR count). The molecule has 75 heavy (non-hydrogen) atoms. The van der Waals surface area contributed by atoms with Crippen LogP contribution in [0.4, 0.5) is 0 Å². The monoisotopic (exact) mass is 1040 g/mol. The lowest BCUT2D eigenvalue weighted by atomic mass is 10.0. The Bertz CT molecular complexity index is 1790. The van der Waals surface area contributed by atoms with Crippen molar-refractivity contribution in [2.45, 2.75) is 277 Å². The molecule has 4 aromatic carbocycles. The van der Waals surface area contributed by atoms with Crippen LogP contribution in [-0.4, -0.2) is 19.2 Å². The van der Waals surface area contributed by atoms with Gasteiger partial charge in [-0.25, -0.2) is 4.79 Å². The van der Waals surface area contributed by atoms with E-state index in [1.165, 1.54) is 260 Å². The lowest BCUT2D eigenvalue weighted by Gasteiger charge is -2.19. The van der Waals surface area contributed by atoms with Gasteiger partial charge in [-0.05, 0) is 66.5 Å². The Morgan fingerprint density at radius 3 is 0.920 bits per heavy atom. The van der Waals surface area contributed by atoms with Crippen LogP contribution in [0.25, 0.3) is 0 Å². The van der Waals surface area contributed by atoms with Gasteiger partial charge in [-0.1, -0.05) is 331 Å². The summed E-state index contributed by atoms with van der Waals surface area (Å²) in [6, 6.07) is 35.4. The van der Waals surface area contributed by atoms with Crippen LogP contribution in [0.1, 0.15) is 287 Å². The fourth-order valence-electron chi connectivity index (χ4n) is 10.6. The Labute approximate surface area is 462 Å². The van der Waals surface area contributed by atoms with Crippen molar-refractivity contribution in [1.82, 2.24) is 0 Å². The molecule has 0 aliphatic carbocycles. The van der Waals surface area contributed by atoms with Gasteiger partial charge in [-0.15, -0.1) is 0 Å². The van der Waals surface area contributed by atoms with Crippen molar-refractivity contribution in [3.05, 3.63) is 114 Å². The van der Waals surface area contributed by atoms with Crippen LogP contribution in [0, 0.1) is 0 Å². The van der Waals surface area contributed by atoms with Crippen LogP contribution in [0.5, 0.6) is 11.5 Å². The number of unbranched alkanes of at least 4 members (excludes halogenated alkanes) is 38. The van der Waals surface area contributed by atoms with Crippen LogP contribution < -0.4 is 25.4 Å². The van der Waals surface area contributed by atoms with Crippen LogP contribution >= 0.6 is 7.92 Å². The highest BCUT2D eigenvalue weighted by molar-refractivity contribution is 7.79. The summed E-state index contributed by atoms with van der Waals surface area (Å²) in [6.45, 7) is 6.13. The van der Waals surface area contributed by atoms with E-state index in [-0.39, 0.29) is 12.6 Å². The van der Waals surface area contributed by atoms with E-state index < -0.39 is 7.92 Å². The molecule has 0 radical (unpaired) electrons. The van der Waals surface area contributed by atoms with Crippen LogP contribution in [0.2, 0.25) is 0 Å². The molecule has 0 saturated heterocycles. The van der Waals surface area contributed by atoms with Gasteiger partial charge >= 0.3 is 5.97 Å². The molecule has 0 aromatic heterocycles. The fraction of sp³-hybridized carbons (Fsp3) is 0.643. The molecule has 4 aromatic rings. The third kappa shape index (κ3) is 32.0. The highest BCUT2D eigenvalue weighted by atomic mass is 31.1. The van der Waals surface area contributed by atoms with Gasteiger partial charge in [0.15, 0.2) is 0 Å². The van der Waals surface area contributed by atoms with Gasteiger partial charge in [0.05, 0.1) is 18.8 Å². The van der Waals surface area contributed by atoms with Gasteiger partial charge in [0.2, 0.25) is 0 Å². The maximum atomic E-state index is 13.5. The van der Waals surface area contributed by atoms with Crippen molar-refractivity contribution in [1.29, 1.82) is 0 Å². The highest BCUT2D eigenvalue weighted by Gasteiger charge is 2.18. The fourth-order valence-corrected chi connectivity index (χ4v) is 12.8. The summed E-state index contributed by atoms with van der Waals surface area (Å²) in [4.78, 5) is 13.5. The van der Waals surface area contributed by atoms with Gasteiger partial charge in [0, 0.05) is 6.07 Å². The van der Waals surface area contributed by atoms with E-state index in [9.17, 15) is 4.79 Å². The van der Waals surface area contributed by atoms with Crippen molar-refractivity contribution in [3.63, 3.8) is 0 Å². The maximum Gasteiger partial charge on any atom is 0.338 e. The molecule has 0 heterocycles. The first-order valence-electron chi connectivity index (χ1n) is 31.7. The van der Waals surface area contributed by atoms with Gasteiger partial charge in [0.25, 0.3) is 0 Å². The smallest absolute Gasteiger partial charge is 0.338 e. The zero-order chi connectivity index (χ0) is 52.7. The second-order valence-corrected chi connectivity index (χ2v) is 24.3. The molecule has 5 heteroatoms. The summed E-state index contributed by atoms with van der Waals surface area (Å²) in [7, 11) is -0.746. The van der Waals surface area contributed by atoms with Gasteiger partial charge in [-0.2, -0.15) is 0 Å². The SMILES string of the molecule is CCCCCCCCCCCCCCCCCCCCCCOc1cc(COC(=O)c2ccc(P(c3ccccc3)c3ccccc3)cc2)cc(OCCCCCCCCCCCCCCCCCCCCCC)c1. The molecule has 0 amide bonds. The molecular formula is C70H109O4P. The van der Waals surface area contributed by atoms with Crippen molar-refractivity contribution in [3.8, 4) is 11.5 Å². The molecular weight excluding hydrogens is 936 g/mol. The Morgan fingerprint density at radius 2 is 0.613 bits per heavy atom. The number of ether oxygens (including phenoxy) is 3. The minimum atomic E-state index is -0.746. The first-order chi connectivity index (χ1) is 37.2. The molecule has 0 aliphatic heterocycles. The average molecular weight is 1050 g/mol. The van der Waals surface area contributed by atoms with E-state index in [2.05, 4.69) is 86.6 Å². The van der Waals surface area contributed by atoms with Gasteiger partial charge in [0.1, 0.15) is 18.1 Å². The van der Waals surface area contributed by atoms with Crippen LogP contribution in [-0.2, 0) is 11.3 Å². The van der Waals surface area contributed by atoms with Crippen LogP contribution in [0.3, 0.4) is 0 Å². The second-order valence-electron chi connectivity index (χ2n) is 22.1. The van der Waals surface area contributed by atoms with E-state index in [4.69, 9.17) is 14.2 Å². The Balaban J connectivity index is 1.12. The summed E-state index contributed by atoms with van der Waals surface area (Å²) in [6.07, 6.45) is 55.1. The second kappa shape index (κ2) is 45.4. The molecule has 0 atom stereocenters. The molecule has 418 valence electrons. The van der Waals surface area contributed by atoms with E-state index in [0.717, 1.165) is 29.9 Å². The molecule has 0 N–H and O–H groups in total. The Hall–Kier alpha value is -3.62. The molecule has 0 saturated carbocycles. The summed E-state index contributed by atoms with van der Waals surface area (Å²) in [5, 5.41) is 3.77. The maximum absolute atomic E-state index is 13.5. The van der Waals surface area contributed by atoms with E-state index >= 15 is 0 Å². The predicted molar refractivity (Wildman–Crippen MR) is 328 cm³/mol. The third-order valence-electron chi connectivity index (χ3n) is 15.2. The number of esters is 1. The minimum Gasteiger partial charge on any atom is -0.493 e. The van der Waals surface area contributed by atoms with Crippen molar-refractivity contribution in [2.75, 3.05) is 13.2 Å². The number of rotatable bonds is 50. The first kappa shape index (κ1) is 63.9. The highest BCUT2D eigenvalue weighted by Crippen LogP contribution is 2.33. The molecule has 0 aliphatic rings. The normalized spacial score (nSPS) is 11.4. The average Bonchev–Trinajstić information content (AvgIpc) is 3.44. The molecule has 0 spiro atoms. The largest absolute Gasteiger partial charge is 0.493 e. The number of hydrogen-bond donors (Lipinski definition) is 0. The lowest BCUT2D eigenvalue weighted by Crippen LogP contribution is -2.20. The predicted octanol–water partition coefficient (Wildman–Crippen LogP) is 21.2. The number of hydrogen-bond acceptors (Lipinski definition) is 4. The molecule has 0 bridgehead atoms. The standard InChI is InChI=1S/C70H109O4P/c1-3-5-7-9-11-13-15-17-19-21-23-25-27-29-31-33-35-37-39-47-57-72-65-59-63(62-74-70(71)64-53-55-69(56-54-64)75(67-49-43-41-44-50-67)68-51-45-42-46-52-68)60-66(61-65)73-58-48-40-38-36-34-32-30-28-26-24-22-20-18-16-14-12-10-8-6-4-2/h41-46,49-56,59-61H,3-40,47-48,57-58,62H2,1-2H3. The molecule has 0 unspecified atom stereocenters. The van der Waals surface area contributed by atoms with Gasteiger partial charge < -0.3 is 14.2 Å². The summed E-state index contributed by atoms with van der Waals surface area (Å²) < 4.78 is 18.7. The van der Waals surface area contributed by atoms with Crippen molar-refractivity contribution in [2.24, 2.45) is 0 Å². The lowest BCUT2D eigenvalue weighted by molar-refractivity contribution is 0.0472. The van der Waals surface area contributed by atoms with Gasteiger partial charge in [-0.3, -0.25) is 0 Å². The zero-order valence-electron chi connectivity index (χ0n) is 48.3. The van der Waals surface area contributed by atoms with Crippen molar-refractivity contribution >= 4 is 29.8 Å². The number of benzene rings is 4. The quantitative estimate of drug-likeness (QED) is 0.0251. The Morgan fingerprint density at radius 1 is 0.333 bits per heavy atom. The summed E-state index contributed by atoms with van der Waals surface area (Å²) in [5.74, 6) is 1.26. The minimum absolute atomic E-state index is 0.160. The zero-order valence-corrected chi connectivity index (χ0v) is 49.2. The molecule has 4 nitrogen and oxygen atoms in total. The van der Waals surface area contributed by atoms with E-state index in [1.807, 2.05) is 30.3 Å². The van der Waals surface area contributed by atoms with Crippen LogP contribution in [0.15, 0.2) is 103 Å². The molecule has 0 fully saturated rings. The van der Waals surface area contributed by atoms with E-state index in [0.29, 0.717) is 18.8 Å². The first-order valence-corrected chi connectivity index (χ1v) is 33.1. The third-order valence-corrected chi connectivity index (χ3v) is 17.7. The summed E-state index contributed by atoms with van der Waals surface area (Å²) >= 11 is 0. The van der Waals surface area contributed by atoms with E-state index in [1.54, 1.807) is 0 Å². The number of carbonyl (C=O) groups is 1.